The quantitative estimate of drug-likeness (QED) is 0.842. The molecule has 0 radical (unpaired) electrons. The number of phenols is 1. The van der Waals surface area contributed by atoms with Crippen molar-refractivity contribution in [2.45, 2.75) is 38.7 Å². The highest BCUT2D eigenvalue weighted by atomic mass is 16.6. The first-order chi connectivity index (χ1) is 11.8. The van der Waals surface area contributed by atoms with Crippen molar-refractivity contribution in [2.24, 2.45) is 0 Å². The smallest absolute Gasteiger partial charge is 0.410 e. The van der Waals surface area contributed by atoms with E-state index in [1.807, 2.05) is 51.1 Å². The van der Waals surface area contributed by atoms with E-state index in [0.29, 0.717) is 19.5 Å². The Labute approximate surface area is 149 Å². The number of benzene rings is 2. The van der Waals surface area contributed by atoms with Crippen molar-refractivity contribution in [1.82, 2.24) is 4.90 Å². The molecule has 3 rings (SSSR count). The van der Waals surface area contributed by atoms with E-state index in [-0.39, 0.29) is 17.8 Å². The SMILES string of the molecule is CC(C)(C)OC(=O)N1CCc2cc(O)ccc2C(c2ccccc2)C1. The second-order valence-corrected chi connectivity index (χ2v) is 7.52. The molecule has 1 unspecified atom stereocenters. The number of hydrogen-bond donors (Lipinski definition) is 1. The van der Waals surface area contributed by atoms with Crippen molar-refractivity contribution < 1.29 is 14.6 Å². The molecule has 1 amide bonds. The second kappa shape index (κ2) is 6.79. The summed E-state index contributed by atoms with van der Waals surface area (Å²) >= 11 is 0. The van der Waals surface area contributed by atoms with Gasteiger partial charge in [0.15, 0.2) is 0 Å². The third-order valence-corrected chi connectivity index (χ3v) is 4.41. The molecule has 1 heterocycles. The molecule has 4 nitrogen and oxygen atoms in total. The van der Waals surface area contributed by atoms with E-state index in [9.17, 15) is 9.90 Å². The maximum atomic E-state index is 12.6. The minimum Gasteiger partial charge on any atom is -0.508 e. The Hall–Kier alpha value is -2.49. The maximum absolute atomic E-state index is 12.6. The molecule has 1 N–H and O–H groups in total. The number of hydrogen-bond acceptors (Lipinski definition) is 3. The summed E-state index contributed by atoms with van der Waals surface area (Å²) in [6.07, 6.45) is 0.414. The number of rotatable bonds is 1. The van der Waals surface area contributed by atoms with Crippen LogP contribution in [-0.4, -0.2) is 34.8 Å². The van der Waals surface area contributed by atoms with Crippen LogP contribution in [0.15, 0.2) is 48.5 Å². The van der Waals surface area contributed by atoms with Crippen molar-refractivity contribution in [3.8, 4) is 5.75 Å². The van der Waals surface area contributed by atoms with Gasteiger partial charge in [0.2, 0.25) is 0 Å². The fourth-order valence-corrected chi connectivity index (χ4v) is 3.28. The summed E-state index contributed by atoms with van der Waals surface area (Å²) in [7, 11) is 0. The van der Waals surface area contributed by atoms with Crippen molar-refractivity contribution >= 4 is 6.09 Å². The van der Waals surface area contributed by atoms with Crippen LogP contribution in [0, 0.1) is 0 Å². The number of carbonyl (C=O) groups is 1. The Kier molecular flexibility index (Phi) is 4.71. The molecule has 1 aliphatic rings. The van der Waals surface area contributed by atoms with Gasteiger partial charge in [0.1, 0.15) is 11.4 Å². The zero-order valence-corrected chi connectivity index (χ0v) is 15.0. The zero-order chi connectivity index (χ0) is 18.0. The summed E-state index contributed by atoms with van der Waals surface area (Å²) in [6, 6.07) is 15.7. The normalized spacial score (nSPS) is 17.6. The van der Waals surface area contributed by atoms with Gasteiger partial charge in [-0.1, -0.05) is 36.4 Å². The molecule has 4 heteroatoms. The largest absolute Gasteiger partial charge is 0.508 e. The van der Waals surface area contributed by atoms with Crippen molar-refractivity contribution in [2.75, 3.05) is 13.1 Å². The van der Waals surface area contributed by atoms with Crippen LogP contribution in [-0.2, 0) is 11.2 Å². The first-order valence-electron chi connectivity index (χ1n) is 8.68. The average Bonchev–Trinajstić information content (AvgIpc) is 2.73. The highest BCUT2D eigenvalue weighted by molar-refractivity contribution is 5.68. The van der Waals surface area contributed by atoms with Crippen molar-refractivity contribution in [1.29, 1.82) is 0 Å². The lowest BCUT2D eigenvalue weighted by atomic mass is 9.88. The van der Waals surface area contributed by atoms with Crippen LogP contribution in [0.25, 0.3) is 0 Å². The number of carbonyl (C=O) groups excluding carboxylic acids is 1. The van der Waals surface area contributed by atoms with Crippen LogP contribution in [0.4, 0.5) is 4.79 Å². The van der Waals surface area contributed by atoms with Crippen molar-refractivity contribution in [3.63, 3.8) is 0 Å². The fourth-order valence-electron chi connectivity index (χ4n) is 3.28. The van der Waals surface area contributed by atoms with E-state index in [4.69, 9.17) is 4.74 Å². The second-order valence-electron chi connectivity index (χ2n) is 7.52. The first kappa shape index (κ1) is 17.3. The van der Waals surface area contributed by atoms with Gasteiger partial charge in [-0.05, 0) is 56.0 Å². The van der Waals surface area contributed by atoms with Gasteiger partial charge in [-0.2, -0.15) is 0 Å². The molecule has 0 fully saturated rings. The molecule has 2 aromatic carbocycles. The van der Waals surface area contributed by atoms with E-state index >= 15 is 0 Å². The van der Waals surface area contributed by atoms with Crippen LogP contribution in [0.3, 0.4) is 0 Å². The average molecular weight is 339 g/mol. The lowest BCUT2D eigenvalue weighted by Gasteiger charge is -2.28. The summed E-state index contributed by atoms with van der Waals surface area (Å²) in [5, 5.41) is 9.86. The molecule has 0 saturated heterocycles. The Balaban J connectivity index is 1.96. The molecular formula is C21H25NO3. The van der Waals surface area contributed by atoms with Gasteiger partial charge < -0.3 is 14.7 Å². The Morgan fingerprint density at radius 2 is 1.88 bits per heavy atom. The number of ether oxygens (including phenoxy) is 1. The highest BCUT2D eigenvalue weighted by Crippen LogP contribution is 2.33. The highest BCUT2D eigenvalue weighted by Gasteiger charge is 2.29. The molecule has 0 spiro atoms. The monoisotopic (exact) mass is 339 g/mol. The van der Waals surface area contributed by atoms with E-state index in [2.05, 4.69) is 12.1 Å². The van der Waals surface area contributed by atoms with Gasteiger partial charge in [0.05, 0.1) is 0 Å². The minimum atomic E-state index is -0.517. The number of nitrogens with zero attached hydrogens (tertiary/aromatic N) is 1. The molecule has 132 valence electrons. The molecule has 25 heavy (non-hydrogen) atoms. The van der Waals surface area contributed by atoms with Crippen LogP contribution < -0.4 is 0 Å². The van der Waals surface area contributed by atoms with Gasteiger partial charge >= 0.3 is 6.09 Å². The van der Waals surface area contributed by atoms with Gasteiger partial charge in [-0.15, -0.1) is 0 Å². The van der Waals surface area contributed by atoms with E-state index in [1.54, 1.807) is 11.0 Å². The summed E-state index contributed by atoms with van der Waals surface area (Å²) < 4.78 is 5.58. The minimum absolute atomic E-state index is 0.0619. The van der Waals surface area contributed by atoms with Crippen LogP contribution in [0.5, 0.6) is 5.75 Å². The summed E-state index contributed by atoms with van der Waals surface area (Å²) in [4.78, 5) is 14.4. The number of phenolic OH excluding ortho intramolecular Hbond substituents is 1. The van der Waals surface area contributed by atoms with Gasteiger partial charge in [0.25, 0.3) is 0 Å². The standard InChI is InChI=1S/C21H25NO3/c1-21(2,3)25-20(24)22-12-11-16-13-17(23)9-10-18(16)19(14-22)15-7-5-4-6-8-15/h4-10,13,19,23H,11-12,14H2,1-3H3. The molecule has 0 aromatic heterocycles. The lowest BCUT2D eigenvalue weighted by molar-refractivity contribution is 0.0251. The van der Waals surface area contributed by atoms with Gasteiger partial charge in [-0.3, -0.25) is 0 Å². The molecule has 0 saturated carbocycles. The van der Waals surface area contributed by atoms with Crippen LogP contribution >= 0.6 is 0 Å². The zero-order valence-electron chi connectivity index (χ0n) is 15.0. The first-order valence-corrected chi connectivity index (χ1v) is 8.68. The number of amides is 1. The Morgan fingerprint density at radius 1 is 1.16 bits per heavy atom. The molecule has 1 aliphatic heterocycles. The lowest BCUT2D eigenvalue weighted by Crippen LogP contribution is -2.39. The van der Waals surface area contributed by atoms with E-state index in [0.717, 1.165) is 16.7 Å². The summed E-state index contributed by atoms with van der Waals surface area (Å²) in [5.41, 5.74) is 2.89. The van der Waals surface area contributed by atoms with E-state index < -0.39 is 5.60 Å². The third kappa shape index (κ3) is 4.13. The van der Waals surface area contributed by atoms with Crippen molar-refractivity contribution in [3.05, 3.63) is 65.2 Å². The molecule has 0 bridgehead atoms. The predicted octanol–water partition coefficient (Wildman–Crippen LogP) is 4.32. The summed E-state index contributed by atoms with van der Waals surface area (Å²) in [5.74, 6) is 0.322. The van der Waals surface area contributed by atoms with Gasteiger partial charge in [0, 0.05) is 19.0 Å². The predicted molar refractivity (Wildman–Crippen MR) is 97.9 cm³/mol. The number of aromatic hydroxyl groups is 1. The van der Waals surface area contributed by atoms with Crippen LogP contribution in [0.1, 0.15) is 43.4 Å². The van der Waals surface area contributed by atoms with Gasteiger partial charge in [-0.25, -0.2) is 4.79 Å². The molecule has 1 atom stereocenters. The Bertz CT molecular complexity index is 749. The Morgan fingerprint density at radius 3 is 2.56 bits per heavy atom. The van der Waals surface area contributed by atoms with E-state index in [1.165, 1.54) is 0 Å². The number of fused-ring (bicyclic) bond motifs is 1. The van der Waals surface area contributed by atoms with Crippen LogP contribution in [0.2, 0.25) is 0 Å². The molecular weight excluding hydrogens is 314 g/mol. The fraction of sp³-hybridized carbons (Fsp3) is 0.381. The third-order valence-electron chi connectivity index (χ3n) is 4.41. The summed E-state index contributed by atoms with van der Waals surface area (Å²) in [6.45, 7) is 6.78. The molecule has 0 aliphatic carbocycles. The topological polar surface area (TPSA) is 49.8 Å². The maximum Gasteiger partial charge on any atom is 0.410 e. The molecule has 2 aromatic rings.